The number of aliphatic hydroxyl groups excluding tert-OH is 1. The van der Waals surface area contributed by atoms with Crippen molar-refractivity contribution in [1.29, 1.82) is 0 Å². The molecule has 1 aromatic heterocycles. The van der Waals surface area contributed by atoms with Crippen molar-refractivity contribution in [3.63, 3.8) is 0 Å². The molecule has 0 spiro atoms. The van der Waals surface area contributed by atoms with Gasteiger partial charge in [0.25, 0.3) is 0 Å². The third kappa shape index (κ3) is 2.02. The Morgan fingerprint density at radius 3 is 2.50 bits per heavy atom. The molecule has 0 aromatic carbocycles. The number of piperidine rings is 1. The Balaban J connectivity index is 1.98. The Hall–Kier alpha value is -1.12. The molecule has 0 amide bonds. The van der Waals surface area contributed by atoms with E-state index in [0.29, 0.717) is 19.4 Å². The summed E-state index contributed by atoms with van der Waals surface area (Å²) < 4.78 is 28.7. The molecular weight excluding hydrogens is 280 g/mol. The molecule has 2 atom stereocenters. The van der Waals surface area contributed by atoms with Crippen LogP contribution in [0.1, 0.15) is 32.6 Å². The van der Waals surface area contributed by atoms with E-state index in [1.807, 2.05) is 6.92 Å². The number of aromatic nitrogens is 2. The van der Waals surface area contributed by atoms with Gasteiger partial charge in [0, 0.05) is 24.8 Å². The number of fused-ring (bicyclic) bond motifs is 2. The molecule has 0 radical (unpaired) electrons. The van der Waals surface area contributed by atoms with Crippen LogP contribution in [0.3, 0.4) is 0 Å². The van der Waals surface area contributed by atoms with Gasteiger partial charge in [-0.2, -0.15) is 9.40 Å². The molecule has 112 valence electrons. The van der Waals surface area contributed by atoms with E-state index < -0.39 is 16.1 Å². The van der Waals surface area contributed by atoms with Crippen molar-refractivity contribution in [3.05, 3.63) is 6.20 Å². The molecule has 3 rings (SSSR count). The van der Waals surface area contributed by atoms with E-state index in [2.05, 4.69) is 5.10 Å². The van der Waals surface area contributed by atoms with Crippen LogP contribution < -0.4 is 5.73 Å². The molecule has 20 heavy (non-hydrogen) atoms. The van der Waals surface area contributed by atoms with Crippen LogP contribution in [0.25, 0.3) is 0 Å². The zero-order valence-electron chi connectivity index (χ0n) is 11.4. The molecule has 2 saturated heterocycles. The zero-order valence-corrected chi connectivity index (χ0v) is 12.3. The predicted octanol–water partition coefficient (Wildman–Crippen LogP) is 0.162. The smallest absolute Gasteiger partial charge is 0.248 e. The number of hydrogen-bond donors (Lipinski definition) is 2. The third-order valence-corrected chi connectivity index (χ3v) is 6.30. The van der Waals surface area contributed by atoms with Crippen molar-refractivity contribution in [2.24, 2.45) is 0 Å². The summed E-state index contributed by atoms with van der Waals surface area (Å²) >= 11 is 0. The molecule has 3 heterocycles. The maximum Gasteiger partial charge on any atom is 0.248 e. The van der Waals surface area contributed by atoms with Gasteiger partial charge >= 0.3 is 0 Å². The van der Waals surface area contributed by atoms with Gasteiger partial charge in [-0.1, -0.05) is 0 Å². The number of nitrogen functional groups attached to an aromatic ring is 1. The lowest BCUT2D eigenvalue weighted by Gasteiger charge is -2.35. The second-order valence-corrected chi connectivity index (χ2v) is 7.39. The fraction of sp³-hybridized carbons (Fsp3) is 0.750. The zero-order chi connectivity index (χ0) is 14.5. The molecule has 7 nitrogen and oxygen atoms in total. The van der Waals surface area contributed by atoms with Crippen LogP contribution >= 0.6 is 0 Å². The second kappa shape index (κ2) is 4.71. The Labute approximate surface area is 118 Å². The molecule has 3 N–H and O–H groups in total. The van der Waals surface area contributed by atoms with E-state index >= 15 is 0 Å². The summed E-state index contributed by atoms with van der Waals surface area (Å²) in [6, 6.07) is -0.226. The van der Waals surface area contributed by atoms with E-state index in [4.69, 9.17) is 5.73 Å². The fourth-order valence-corrected chi connectivity index (χ4v) is 5.35. The Kier molecular flexibility index (Phi) is 3.26. The van der Waals surface area contributed by atoms with Gasteiger partial charge in [0.15, 0.2) is 5.82 Å². The Morgan fingerprint density at radius 2 is 2.00 bits per heavy atom. The average molecular weight is 300 g/mol. The van der Waals surface area contributed by atoms with E-state index in [-0.39, 0.29) is 22.8 Å². The first-order valence-electron chi connectivity index (χ1n) is 6.98. The highest BCUT2D eigenvalue weighted by molar-refractivity contribution is 7.89. The molecular formula is C12H20N4O3S. The van der Waals surface area contributed by atoms with Gasteiger partial charge in [-0.25, -0.2) is 8.42 Å². The van der Waals surface area contributed by atoms with Crippen LogP contribution in [0.4, 0.5) is 5.82 Å². The molecule has 2 aliphatic rings. The first kappa shape index (κ1) is 13.8. The number of nitrogens with two attached hydrogens (primary N) is 1. The molecule has 2 unspecified atom stereocenters. The highest BCUT2D eigenvalue weighted by atomic mass is 32.2. The van der Waals surface area contributed by atoms with Crippen molar-refractivity contribution in [2.45, 2.75) is 62.2 Å². The first-order valence-corrected chi connectivity index (χ1v) is 8.42. The number of aryl methyl sites for hydroxylation is 1. The fourth-order valence-electron chi connectivity index (χ4n) is 3.39. The average Bonchev–Trinajstić information content (AvgIpc) is 2.89. The van der Waals surface area contributed by atoms with Crippen LogP contribution in [-0.4, -0.2) is 45.8 Å². The minimum Gasteiger partial charge on any atom is -0.393 e. The highest BCUT2D eigenvalue weighted by Gasteiger charge is 2.47. The summed E-state index contributed by atoms with van der Waals surface area (Å²) in [7, 11) is -3.63. The monoisotopic (exact) mass is 300 g/mol. The summed E-state index contributed by atoms with van der Waals surface area (Å²) in [6.07, 6.45) is 3.74. The molecule has 8 heteroatoms. The van der Waals surface area contributed by atoms with Crippen molar-refractivity contribution >= 4 is 15.8 Å². The Morgan fingerprint density at radius 1 is 1.40 bits per heavy atom. The van der Waals surface area contributed by atoms with Crippen LogP contribution in [0.2, 0.25) is 0 Å². The largest absolute Gasteiger partial charge is 0.393 e. The SMILES string of the molecule is CCn1cc(S(=O)(=O)N2C3CCC2CC(O)C3)c(N)n1. The van der Waals surface area contributed by atoms with Gasteiger partial charge in [-0.05, 0) is 32.6 Å². The lowest BCUT2D eigenvalue weighted by molar-refractivity contribution is 0.0769. The van der Waals surface area contributed by atoms with Gasteiger partial charge < -0.3 is 10.8 Å². The molecule has 0 aliphatic carbocycles. The second-order valence-electron chi connectivity index (χ2n) is 5.58. The molecule has 0 saturated carbocycles. The van der Waals surface area contributed by atoms with Gasteiger partial charge in [-0.3, -0.25) is 4.68 Å². The van der Waals surface area contributed by atoms with Crippen LogP contribution in [0.15, 0.2) is 11.1 Å². The molecule has 2 aliphatic heterocycles. The maximum atomic E-state index is 12.8. The van der Waals surface area contributed by atoms with Crippen molar-refractivity contribution in [1.82, 2.24) is 14.1 Å². The number of aliphatic hydroxyl groups is 1. The Bertz CT molecular complexity index is 598. The lowest BCUT2D eigenvalue weighted by atomic mass is 10.0. The third-order valence-electron chi connectivity index (χ3n) is 4.28. The van der Waals surface area contributed by atoms with Gasteiger partial charge in [-0.15, -0.1) is 0 Å². The van der Waals surface area contributed by atoms with Crippen LogP contribution in [0, 0.1) is 0 Å². The van der Waals surface area contributed by atoms with Crippen LogP contribution in [-0.2, 0) is 16.6 Å². The normalized spacial score (nSPS) is 30.8. The quantitative estimate of drug-likeness (QED) is 0.828. The summed E-state index contributed by atoms with van der Waals surface area (Å²) in [5.74, 6) is 0.0531. The maximum absolute atomic E-state index is 12.8. The van der Waals surface area contributed by atoms with Gasteiger partial charge in [0.2, 0.25) is 10.0 Å². The molecule has 1 aromatic rings. The number of hydrogen-bond acceptors (Lipinski definition) is 5. The number of rotatable bonds is 3. The molecule has 2 bridgehead atoms. The van der Waals surface area contributed by atoms with E-state index in [1.54, 1.807) is 4.31 Å². The minimum absolute atomic E-state index is 0.0531. The number of nitrogens with zero attached hydrogens (tertiary/aromatic N) is 3. The minimum atomic E-state index is -3.63. The van der Waals surface area contributed by atoms with Gasteiger partial charge in [0.05, 0.1) is 6.10 Å². The van der Waals surface area contributed by atoms with E-state index in [1.165, 1.54) is 10.9 Å². The van der Waals surface area contributed by atoms with Crippen molar-refractivity contribution in [3.8, 4) is 0 Å². The lowest BCUT2D eigenvalue weighted by Crippen LogP contribution is -2.47. The summed E-state index contributed by atoms with van der Waals surface area (Å²) in [4.78, 5) is 0.0904. The van der Waals surface area contributed by atoms with E-state index in [0.717, 1.165) is 12.8 Å². The van der Waals surface area contributed by atoms with Crippen molar-refractivity contribution in [2.75, 3.05) is 5.73 Å². The summed E-state index contributed by atoms with van der Waals surface area (Å²) in [5, 5.41) is 13.8. The first-order chi connectivity index (χ1) is 9.43. The standard InChI is InChI=1S/C12H20N4O3S/c1-2-15-7-11(12(13)14-15)20(18,19)16-8-3-4-9(16)6-10(17)5-8/h7-10,17H,2-6H2,1H3,(H2,13,14). The number of anilines is 1. The van der Waals surface area contributed by atoms with Crippen molar-refractivity contribution < 1.29 is 13.5 Å². The van der Waals surface area contributed by atoms with E-state index in [9.17, 15) is 13.5 Å². The topological polar surface area (TPSA) is 101 Å². The van der Waals surface area contributed by atoms with Gasteiger partial charge in [0.1, 0.15) is 4.90 Å². The predicted molar refractivity (Wildman–Crippen MR) is 73.4 cm³/mol. The summed E-state index contributed by atoms with van der Waals surface area (Å²) in [5.41, 5.74) is 5.76. The van der Waals surface area contributed by atoms with Crippen LogP contribution in [0.5, 0.6) is 0 Å². The molecule has 2 fully saturated rings. The number of sulfonamides is 1. The highest BCUT2D eigenvalue weighted by Crippen LogP contribution is 2.40. The summed E-state index contributed by atoms with van der Waals surface area (Å²) in [6.45, 7) is 2.45.